The minimum Gasteiger partial charge on any atom is -0.412 e. The number of imidazole rings is 1. The predicted molar refractivity (Wildman–Crippen MR) is 62.6 cm³/mol. The Kier molecular flexibility index (Phi) is 1.66. The molecule has 0 bridgehead atoms. The van der Waals surface area contributed by atoms with Crippen molar-refractivity contribution in [2.75, 3.05) is 6.61 Å². The lowest BCUT2D eigenvalue weighted by Crippen LogP contribution is -2.21. The molecule has 0 aliphatic carbocycles. The summed E-state index contributed by atoms with van der Waals surface area (Å²) in [6.07, 6.45) is 5.52. The van der Waals surface area contributed by atoms with E-state index in [-0.39, 0.29) is 0 Å². The van der Waals surface area contributed by atoms with Crippen molar-refractivity contribution < 1.29 is 4.84 Å². The van der Waals surface area contributed by atoms with Crippen molar-refractivity contribution in [1.82, 2.24) is 19.7 Å². The van der Waals surface area contributed by atoms with E-state index >= 15 is 0 Å². The Morgan fingerprint density at radius 3 is 3.24 bits per heavy atom. The van der Waals surface area contributed by atoms with Gasteiger partial charge in [-0.3, -0.25) is 9.97 Å². The Hall–Kier alpha value is -2.17. The van der Waals surface area contributed by atoms with Crippen LogP contribution in [0.4, 0.5) is 0 Å². The highest BCUT2D eigenvalue weighted by Crippen LogP contribution is 2.23. The first-order chi connectivity index (χ1) is 8.43. The third kappa shape index (κ3) is 1.16. The standard InChI is InChI=1S/C12H10N4O/c1-3-8-11(13-5-1)12-9(7-14-8)15-10-4-2-6-17-16(10)12/h1,3,5,7H,2,4,6H2. The van der Waals surface area contributed by atoms with Gasteiger partial charge in [-0.15, -0.1) is 0 Å². The maximum atomic E-state index is 5.67. The number of rotatable bonds is 0. The van der Waals surface area contributed by atoms with Crippen molar-refractivity contribution in [1.29, 1.82) is 0 Å². The van der Waals surface area contributed by atoms with Crippen molar-refractivity contribution >= 4 is 22.1 Å². The Labute approximate surface area is 97.0 Å². The largest absolute Gasteiger partial charge is 0.412 e. The quantitative estimate of drug-likeness (QED) is 0.580. The second-order valence-electron chi connectivity index (χ2n) is 4.12. The van der Waals surface area contributed by atoms with Crippen LogP contribution in [0.2, 0.25) is 0 Å². The molecule has 0 fully saturated rings. The Bertz CT molecular complexity index is 719. The monoisotopic (exact) mass is 226 g/mol. The number of pyridine rings is 2. The minimum atomic E-state index is 0.731. The zero-order valence-corrected chi connectivity index (χ0v) is 9.13. The van der Waals surface area contributed by atoms with Crippen LogP contribution in [0.15, 0.2) is 24.5 Å². The van der Waals surface area contributed by atoms with E-state index in [9.17, 15) is 0 Å². The fourth-order valence-corrected chi connectivity index (χ4v) is 2.27. The van der Waals surface area contributed by atoms with Gasteiger partial charge in [-0.1, -0.05) is 0 Å². The van der Waals surface area contributed by atoms with Crippen molar-refractivity contribution in [2.24, 2.45) is 0 Å². The summed E-state index contributed by atoms with van der Waals surface area (Å²) in [5.41, 5.74) is 3.51. The number of hydrogen-bond donors (Lipinski definition) is 0. The van der Waals surface area contributed by atoms with Gasteiger partial charge in [-0.2, -0.15) is 4.73 Å². The third-order valence-electron chi connectivity index (χ3n) is 3.03. The molecule has 0 spiro atoms. The lowest BCUT2D eigenvalue weighted by molar-refractivity contribution is 0.0892. The molecule has 1 aliphatic rings. The molecule has 5 nitrogen and oxygen atoms in total. The summed E-state index contributed by atoms with van der Waals surface area (Å²) in [7, 11) is 0. The number of fused-ring (bicyclic) bond motifs is 5. The van der Waals surface area contributed by atoms with Crippen molar-refractivity contribution in [3.05, 3.63) is 30.4 Å². The average molecular weight is 226 g/mol. The summed E-state index contributed by atoms with van der Waals surface area (Å²) in [6.45, 7) is 0.731. The van der Waals surface area contributed by atoms with Gasteiger partial charge in [0.1, 0.15) is 29.0 Å². The van der Waals surface area contributed by atoms with Crippen molar-refractivity contribution in [3.8, 4) is 0 Å². The van der Waals surface area contributed by atoms with Crippen LogP contribution in [0.5, 0.6) is 0 Å². The molecule has 17 heavy (non-hydrogen) atoms. The van der Waals surface area contributed by atoms with Gasteiger partial charge in [-0.05, 0) is 18.6 Å². The second kappa shape index (κ2) is 3.16. The normalized spacial score (nSPS) is 14.8. The zero-order valence-electron chi connectivity index (χ0n) is 9.13. The van der Waals surface area contributed by atoms with Gasteiger partial charge in [0.05, 0.1) is 11.7 Å². The van der Waals surface area contributed by atoms with E-state index < -0.39 is 0 Å². The van der Waals surface area contributed by atoms with Crippen LogP contribution in [-0.4, -0.2) is 26.3 Å². The van der Waals surface area contributed by atoms with E-state index in [0.29, 0.717) is 0 Å². The lowest BCUT2D eigenvalue weighted by Gasteiger charge is -2.15. The number of aryl methyl sites for hydroxylation is 1. The topological polar surface area (TPSA) is 52.8 Å². The van der Waals surface area contributed by atoms with E-state index in [1.165, 1.54) is 0 Å². The molecule has 0 unspecified atom stereocenters. The van der Waals surface area contributed by atoms with Crippen LogP contribution in [0.1, 0.15) is 12.2 Å². The van der Waals surface area contributed by atoms with E-state index in [1.54, 1.807) is 12.4 Å². The molecule has 3 aromatic heterocycles. The van der Waals surface area contributed by atoms with E-state index in [4.69, 9.17) is 4.84 Å². The maximum absolute atomic E-state index is 5.67. The van der Waals surface area contributed by atoms with Crippen LogP contribution >= 0.6 is 0 Å². The minimum absolute atomic E-state index is 0.731. The third-order valence-corrected chi connectivity index (χ3v) is 3.03. The summed E-state index contributed by atoms with van der Waals surface area (Å²) >= 11 is 0. The maximum Gasteiger partial charge on any atom is 0.146 e. The fourth-order valence-electron chi connectivity index (χ4n) is 2.27. The highest BCUT2D eigenvalue weighted by Gasteiger charge is 2.18. The summed E-state index contributed by atoms with van der Waals surface area (Å²) in [5.74, 6) is 0.964. The summed E-state index contributed by atoms with van der Waals surface area (Å²) in [4.78, 5) is 19.0. The van der Waals surface area contributed by atoms with Gasteiger partial charge in [0.15, 0.2) is 0 Å². The number of aromatic nitrogens is 4. The Morgan fingerprint density at radius 2 is 2.24 bits per heavy atom. The highest BCUT2D eigenvalue weighted by molar-refractivity contribution is 5.99. The molecule has 84 valence electrons. The molecule has 4 heterocycles. The molecule has 3 aromatic rings. The van der Waals surface area contributed by atoms with Crippen LogP contribution in [0, 0.1) is 0 Å². The van der Waals surface area contributed by atoms with E-state index in [1.807, 2.05) is 16.9 Å². The summed E-state index contributed by atoms with van der Waals surface area (Å²) in [6, 6.07) is 3.83. The average Bonchev–Trinajstić information content (AvgIpc) is 2.77. The van der Waals surface area contributed by atoms with Crippen molar-refractivity contribution in [3.63, 3.8) is 0 Å². The Morgan fingerprint density at radius 1 is 1.24 bits per heavy atom. The van der Waals surface area contributed by atoms with Crippen LogP contribution < -0.4 is 4.84 Å². The zero-order chi connectivity index (χ0) is 11.2. The second-order valence-corrected chi connectivity index (χ2v) is 4.12. The molecule has 5 heteroatoms. The van der Waals surface area contributed by atoms with Gasteiger partial charge in [-0.25, -0.2) is 4.98 Å². The number of nitrogens with zero attached hydrogens (tertiary/aromatic N) is 4. The molecule has 0 saturated carbocycles. The first-order valence-corrected chi connectivity index (χ1v) is 5.68. The van der Waals surface area contributed by atoms with E-state index in [0.717, 1.165) is 47.3 Å². The smallest absolute Gasteiger partial charge is 0.146 e. The fraction of sp³-hybridized carbons (Fsp3) is 0.250. The molecule has 0 aromatic carbocycles. The van der Waals surface area contributed by atoms with Crippen LogP contribution in [0.3, 0.4) is 0 Å². The van der Waals surface area contributed by atoms with Gasteiger partial charge in [0.25, 0.3) is 0 Å². The lowest BCUT2D eigenvalue weighted by atomic mass is 10.3. The van der Waals surface area contributed by atoms with Gasteiger partial charge < -0.3 is 4.84 Å². The van der Waals surface area contributed by atoms with Gasteiger partial charge in [0.2, 0.25) is 0 Å². The van der Waals surface area contributed by atoms with Gasteiger partial charge >= 0.3 is 0 Å². The molecule has 0 amide bonds. The first-order valence-electron chi connectivity index (χ1n) is 5.68. The SMILES string of the molecule is c1cnc2c(c1)ncc1nc3n(c12)OCCC3. The van der Waals surface area contributed by atoms with Crippen LogP contribution in [0.25, 0.3) is 22.1 Å². The van der Waals surface area contributed by atoms with Gasteiger partial charge in [0, 0.05) is 12.6 Å². The number of hydrogen-bond acceptors (Lipinski definition) is 4. The van der Waals surface area contributed by atoms with Crippen LogP contribution in [-0.2, 0) is 6.42 Å². The molecule has 0 radical (unpaired) electrons. The molecule has 0 atom stereocenters. The highest BCUT2D eigenvalue weighted by atomic mass is 16.7. The molecule has 0 N–H and O–H groups in total. The van der Waals surface area contributed by atoms with Crippen molar-refractivity contribution in [2.45, 2.75) is 12.8 Å². The first kappa shape index (κ1) is 8.92. The Balaban J connectivity index is 2.20. The molecular formula is C12H10N4O. The molecule has 4 rings (SSSR count). The molecule has 0 saturated heterocycles. The molecule has 1 aliphatic heterocycles. The summed E-state index contributed by atoms with van der Waals surface area (Å²) in [5, 5.41) is 0. The molecular weight excluding hydrogens is 216 g/mol. The van der Waals surface area contributed by atoms with E-state index in [2.05, 4.69) is 15.0 Å². The summed E-state index contributed by atoms with van der Waals surface area (Å²) < 4.78 is 1.82. The predicted octanol–water partition coefficient (Wildman–Crippen LogP) is 1.35.